The summed E-state index contributed by atoms with van der Waals surface area (Å²) in [7, 11) is 0. The fourth-order valence-electron chi connectivity index (χ4n) is 2.10. The number of carboxylic acid groups (broad SMARTS) is 1. The van der Waals surface area contributed by atoms with Gasteiger partial charge in [0.25, 0.3) is 5.91 Å². The first-order valence-corrected chi connectivity index (χ1v) is 7.75. The van der Waals surface area contributed by atoms with E-state index >= 15 is 0 Å². The summed E-state index contributed by atoms with van der Waals surface area (Å²) in [5, 5.41) is 11.7. The summed E-state index contributed by atoms with van der Waals surface area (Å²) in [5.74, 6) is -1.07. The molecule has 0 bridgehead atoms. The first-order chi connectivity index (χ1) is 11.3. The summed E-state index contributed by atoms with van der Waals surface area (Å²) < 4.78 is 5.47. The molecule has 0 aliphatic rings. The summed E-state index contributed by atoms with van der Waals surface area (Å²) in [6.45, 7) is 3.62. The highest BCUT2D eigenvalue weighted by molar-refractivity contribution is 6.38. The van der Waals surface area contributed by atoms with Crippen LogP contribution in [0.4, 0.5) is 5.69 Å². The van der Waals surface area contributed by atoms with Gasteiger partial charge in [-0.3, -0.25) is 4.79 Å². The number of rotatable bonds is 5. The molecular formula is C17H15Cl2NO4. The Hall–Kier alpha value is -2.24. The number of benzene rings is 2. The van der Waals surface area contributed by atoms with Crippen LogP contribution >= 0.6 is 23.2 Å². The maximum absolute atomic E-state index is 12.0. The number of ether oxygens (including phenoxy) is 1. The van der Waals surface area contributed by atoms with Crippen molar-refractivity contribution in [2.45, 2.75) is 13.8 Å². The van der Waals surface area contributed by atoms with E-state index in [1.54, 1.807) is 6.07 Å². The van der Waals surface area contributed by atoms with Gasteiger partial charge in [0.1, 0.15) is 5.75 Å². The van der Waals surface area contributed by atoms with Crippen LogP contribution < -0.4 is 10.1 Å². The third-order valence-electron chi connectivity index (χ3n) is 3.25. The summed E-state index contributed by atoms with van der Waals surface area (Å²) in [4.78, 5) is 23.1. The lowest BCUT2D eigenvalue weighted by Gasteiger charge is -2.12. The molecule has 2 aromatic rings. The number of amides is 1. The van der Waals surface area contributed by atoms with Gasteiger partial charge in [0.2, 0.25) is 0 Å². The minimum atomic E-state index is -1.21. The van der Waals surface area contributed by atoms with Crippen molar-refractivity contribution in [1.82, 2.24) is 0 Å². The number of aromatic carboxylic acids is 1. The largest absolute Gasteiger partial charge is 0.483 e. The minimum Gasteiger partial charge on any atom is -0.483 e. The number of anilines is 1. The van der Waals surface area contributed by atoms with Crippen LogP contribution in [0.2, 0.25) is 10.0 Å². The molecule has 0 saturated heterocycles. The molecule has 2 aromatic carbocycles. The van der Waals surface area contributed by atoms with E-state index in [1.807, 2.05) is 26.0 Å². The SMILES string of the molecule is Cc1ccc(OCC(=O)Nc2cc(C(=O)O)c(Cl)cc2Cl)c(C)c1. The summed E-state index contributed by atoms with van der Waals surface area (Å²) >= 11 is 11.8. The van der Waals surface area contributed by atoms with Gasteiger partial charge in [-0.05, 0) is 37.6 Å². The number of carboxylic acids is 1. The number of nitrogens with one attached hydrogen (secondary N) is 1. The quantitative estimate of drug-likeness (QED) is 0.824. The van der Waals surface area contributed by atoms with Crippen LogP contribution in [0.3, 0.4) is 0 Å². The summed E-state index contributed by atoms with van der Waals surface area (Å²) in [6, 6.07) is 8.10. The number of halogens is 2. The Morgan fingerprint density at radius 3 is 2.46 bits per heavy atom. The highest BCUT2D eigenvalue weighted by Crippen LogP contribution is 2.29. The number of hydrogen-bond acceptors (Lipinski definition) is 3. The number of hydrogen-bond donors (Lipinski definition) is 2. The number of aryl methyl sites for hydroxylation is 2. The van der Waals surface area contributed by atoms with Crippen molar-refractivity contribution in [2.75, 3.05) is 11.9 Å². The van der Waals surface area contributed by atoms with Crippen molar-refractivity contribution in [3.8, 4) is 5.75 Å². The van der Waals surface area contributed by atoms with Crippen LogP contribution in [-0.2, 0) is 4.79 Å². The molecule has 2 rings (SSSR count). The zero-order chi connectivity index (χ0) is 17.9. The lowest BCUT2D eigenvalue weighted by atomic mass is 10.1. The smallest absolute Gasteiger partial charge is 0.337 e. The van der Waals surface area contributed by atoms with E-state index in [4.69, 9.17) is 33.0 Å². The number of carbonyl (C=O) groups excluding carboxylic acids is 1. The highest BCUT2D eigenvalue weighted by Gasteiger charge is 2.15. The number of carbonyl (C=O) groups is 2. The second kappa shape index (κ2) is 7.55. The second-order valence-electron chi connectivity index (χ2n) is 5.22. The van der Waals surface area contributed by atoms with E-state index in [9.17, 15) is 9.59 Å². The average Bonchev–Trinajstić information content (AvgIpc) is 2.48. The van der Waals surface area contributed by atoms with Crippen molar-refractivity contribution >= 4 is 40.8 Å². The average molecular weight is 368 g/mol. The van der Waals surface area contributed by atoms with Crippen molar-refractivity contribution < 1.29 is 19.4 Å². The van der Waals surface area contributed by atoms with E-state index < -0.39 is 11.9 Å². The molecule has 24 heavy (non-hydrogen) atoms. The fraction of sp³-hybridized carbons (Fsp3) is 0.176. The predicted molar refractivity (Wildman–Crippen MR) is 93.5 cm³/mol. The Morgan fingerprint density at radius 2 is 1.83 bits per heavy atom. The first kappa shape index (κ1) is 18.1. The monoisotopic (exact) mass is 367 g/mol. The van der Waals surface area contributed by atoms with Gasteiger partial charge in [0.15, 0.2) is 6.61 Å². The third kappa shape index (κ3) is 4.40. The maximum atomic E-state index is 12.0. The summed E-state index contributed by atoms with van der Waals surface area (Å²) in [6.07, 6.45) is 0. The van der Waals surface area contributed by atoms with Crippen LogP contribution in [0.25, 0.3) is 0 Å². The Kier molecular flexibility index (Phi) is 5.70. The van der Waals surface area contributed by atoms with E-state index in [0.29, 0.717) is 5.75 Å². The van der Waals surface area contributed by atoms with Crippen LogP contribution in [0, 0.1) is 13.8 Å². The van der Waals surface area contributed by atoms with Crippen molar-refractivity contribution in [2.24, 2.45) is 0 Å². The van der Waals surface area contributed by atoms with E-state index in [2.05, 4.69) is 5.32 Å². The van der Waals surface area contributed by atoms with E-state index in [0.717, 1.165) is 11.1 Å². The van der Waals surface area contributed by atoms with E-state index in [-0.39, 0.29) is 27.9 Å². The lowest BCUT2D eigenvalue weighted by Crippen LogP contribution is -2.21. The standard InChI is InChI=1S/C17H15Cl2NO4/c1-9-3-4-15(10(2)5-9)24-8-16(21)20-14-6-11(17(22)23)12(18)7-13(14)19/h3-7H,8H2,1-2H3,(H,20,21)(H,22,23). The Morgan fingerprint density at radius 1 is 1.12 bits per heavy atom. The minimum absolute atomic E-state index is 0.00275. The van der Waals surface area contributed by atoms with E-state index in [1.165, 1.54) is 12.1 Å². The lowest BCUT2D eigenvalue weighted by molar-refractivity contribution is -0.118. The van der Waals surface area contributed by atoms with Gasteiger partial charge in [-0.1, -0.05) is 40.9 Å². The molecule has 0 aliphatic carbocycles. The summed E-state index contributed by atoms with van der Waals surface area (Å²) in [5.41, 5.74) is 2.03. The molecule has 2 N–H and O–H groups in total. The van der Waals surface area contributed by atoms with Crippen LogP contribution in [0.5, 0.6) is 5.75 Å². The molecule has 0 atom stereocenters. The van der Waals surface area contributed by atoms with Gasteiger partial charge in [-0.2, -0.15) is 0 Å². The Balaban J connectivity index is 2.07. The fourth-order valence-corrected chi connectivity index (χ4v) is 2.61. The molecule has 126 valence electrons. The molecular weight excluding hydrogens is 353 g/mol. The van der Waals surface area contributed by atoms with Gasteiger partial charge in [0.05, 0.1) is 21.3 Å². The van der Waals surface area contributed by atoms with Crippen LogP contribution in [-0.4, -0.2) is 23.6 Å². The van der Waals surface area contributed by atoms with Crippen LogP contribution in [0.1, 0.15) is 21.5 Å². The predicted octanol–water partition coefficient (Wildman–Crippen LogP) is 4.33. The second-order valence-corrected chi connectivity index (χ2v) is 6.04. The highest BCUT2D eigenvalue weighted by atomic mass is 35.5. The molecule has 0 heterocycles. The molecule has 0 aliphatic heterocycles. The van der Waals surface area contributed by atoms with Crippen LogP contribution in [0.15, 0.2) is 30.3 Å². The topological polar surface area (TPSA) is 75.6 Å². The Bertz CT molecular complexity index is 805. The molecule has 1 amide bonds. The maximum Gasteiger partial charge on any atom is 0.337 e. The normalized spacial score (nSPS) is 10.3. The van der Waals surface area contributed by atoms with Crippen molar-refractivity contribution in [3.63, 3.8) is 0 Å². The molecule has 0 radical (unpaired) electrons. The van der Waals surface area contributed by atoms with Crippen molar-refractivity contribution in [3.05, 3.63) is 57.1 Å². The first-order valence-electron chi connectivity index (χ1n) is 7.00. The van der Waals surface area contributed by atoms with Gasteiger partial charge in [-0.25, -0.2) is 4.79 Å². The molecule has 0 aromatic heterocycles. The van der Waals surface area contributed by atoms with Gasteiger partial charge >= 0.3 is 5.97 Å². The molecule has 0 saturated carbocycles. The third-order valence-corrected chi connectivity index (χ3v) is 3.88. The van der Waals surface area contributed by atoms with Gasteiger partial charge in [-0.15, -0.1) is 0 Å². The molecule has 0 fully saturated rings. The van der Waals surface area contributed by atoms with Gasteiger partial charge in [0, 0.05) is 0 Å². The molecule has 0 spiro atoms. The zero-order valence-corrected chi connectivity index (χ0v) is 14.5. The van der Waals surface area contributed by atoms with Crippen molar-refractivity contribution in [1.29, 1.82) is 0 Å². The zero-order valence-electron chi connectivity index (χ0n) is 13.0. The van der Waals surface area contributed by atoms with Gasteiger partial charge < -0.3 is 15.2 Å². The molecule has 0 unspecified atom stereocenters. The Labute approximate surface area is 149 Å². The molecule has 7 heteroatoms. The molecule has 5 nitrogen and oxygen atoms in total.